The minimum absolute atomic E-state index is 0.181. The third-order valence-electron chi connectivity index (χ3n) is 3.28. The van der Waals surface area contributed by atoms with Gasteiger partial charge >= 0.3 is 5.97 Å². The summed E-state index contributed by atoms with van der Waals surface area (Å²) in [5.41, 5.74) is 1.08. The Morgan fingerprint density at radius 3 is 2.46 bits per heavy atom. The summed E-state index contributed by atoms with van der Waals surface area (Å²) >= 11 is 1.27. The maximum Gasteiger partial charge on any atom is 0.326 e. The number of amides is 2. The number of thiophene rings is 1. The Bertz CT molecular complexity index is 755. The van der Waals surface area contributed by atoms with E-state index in [-0.39, 0.29) is 17.9 Å². The number of carboxylic acid groups (broad SMARTS) is 1. The summed E-state index contributed by atoms with van der Waals surface area (Å²) in [5, 5.41) is 14.9. The molecule has 2 amide bonds. The number of nitrogens with one attached hydrogen (secondary N) is 2. The summed E-state index contributed by atoms with van der Waals surface area (Å²) in [6, 6.07) is 9.66. The summed E-state index contributed by atoms with van der Waals surface area (Å²) in [5.74, 6) is -1.92. The van der Waals surface area contributed by atoms with Crippen molar-refractivity contribution >= 4 is 34.1 Å². The molecule has 7 heteroatoms. The van der Waals surface area contributed by atoms with Gasteiger partial charge in [0.05, 0.1) is 5.56 Å². The molecule has 0 fully saturated rings. The molecule has 1 aromatic heterocycles. The normalized spacial score (nSPS) is 11.6. The van der Waals surface area contributed by atoms with Crippen LogP contribution in [0.5, 0.6) is 0 Å². The standard InChI is InChI=1S/C17H18N2O4S/c1-10-8-13(16(24-10)18-11(2)20)15(21)19-14(17(22)23)9-12-6-4-3-5-7-12/h3-8,14H,9H2,1-2H3,(H,18,20)(H,19,21)(H,22,23). The highest BCUT2D eigenvalue weighted by molar-refractivity contribution is 7.16. The zero-order valence-electron chi connectivity index (χ0n) is 13.3. The highest BCUT2D eigenvalue weighted by Crippen LogP contribution is 2.27. The average molecular weight is 346 g/mol. The number of carboxylic acids is 1. The lowest BCUT2D eigenvalue weighted by molar-refractivity contribution is -0.139. The number of aliphatic carboxylic acids is 1. The van der Waals surface area contributed by atoms with Gasteiger partial charge in [-0.2, -0.15) is 0 Å². The summed E-state index contributed by atoms with van der Waals surface area (Å²) in [6.45, 7) is 3.16. The van der Waals surface area contributed by atoms with Crippen LogP contribution in [0.1, 0.15) is 27.7 Å². The van der Waals surface area contributed by atoms with Gasteiger partial charge in [-0.05, 0) is 18.6 Å². The second-order valence-electron chi connectivity index (χ2n) is 5.34. The number of carbonyl (C=O) groups is 3. The fraction of sp³-hybridized carbons (Fsp3) is 0.235. The van der Waals surface area contributed by atoms with Crippen LogP contribution in [0, 0.1) is 6.92 Å². The number of hydrogen-bond acceptors (Lipinski definition) is 4. The highest BCUT2D eigenvalue weighted by atomic mass is 32.1. The lowest BCUT2D eigenvalue weighted by Gasteiger charge is -2.15. The van der Waals surface area contributed by atoms with Crippen LogP contribution in [-0.4, -0.2) is 28.9 Å². The van der Waals surface area contributed by atoms with Crippen LogP contribution in [0.4, 0.5) is 5.00 Å². The van der Waals surface area contributed by atoms with Crippen LogP contribution in [0.3, 0.4) is 0 Å². The maximum absolute atomic E-state index is 12.4. The summed E-state index contributed by atoms with van der Waals surface area (Å²) in [7, 11) is 0. The van der Waals surface area contributed by atoms with Crippen LogP contribution in [0.15, 0.2) is 36.4 Å². The molecule has 1 aromatic carbocycles. The molecule has 0 aliphatic carbocycles. The molecule has 0 bridgehead atoms. The van der Waals surface area contributed by atoms with Gasteiger partial charge in [-0.15, -0.1) is 11.3 Å². The number of carbonyl (C=O) groups excluding carboxylic acids is 2. The zero-order valence-corrected chi connectivity index (χ0v) is 14.1. The van der Waals surface area contributed by atoms with Gasteiger partial charge in [-0.3, -0.25) is 9.59 Å². The summed E-state index contributed by atoms with van der Waals surface area (Å²) in [6.07, 6.45) is 0.181. The van der Waals surface area contributed by atoms with Crippen LogP contribution < -0.4 is 10.6 Å². The van der Waals surface area contributed by atoms with E-state index < -0.39 is 17.9 Å². The monoisotopic (exact) mass is 346 g/mol. The van der Waals surface area contributed by atoms with E-state index in [1.165, 1.54) is 18.3 Å². The predicted molar refractivity (Wildman–Crippen MR) is 92.4 cm³/mol. The molecular formula is C17H18N2O4S. The Kier molecular flexibility index (Phi) is 5.70. The molecule has 24 heavy (non-hydrogen) atoms. The van der Waals surface area contributed by atoms with Crippen LogP contribution in [-0.2, 0) is 16.0 Å². The molecule has 0 aliphatic heterocycles. The van der Waals surface area contributed by atoms with Crippen molar-refractivity contribution in [1.82, 2.24) is 5.32 Å². The van der Waals surface area contributed by atoms with Gasteiger partial charge in [0.1, 0.15) is 11.0 Å². The van der Waals surface area contributed by atoms with Gasteiger partial charge < -0.3 is 15.7 Å². The SMILES string of the molecule is CC(=O)Nc1sc(C)cc1C(=O)NC(Cc1ccccc1)C(=O)O. The molecule has 0 saturated heterocycles. The van der Waals surface area contributed by atoms with Crippen molar-refractivity contribution < 1.29 is 19.5 Å². The fourth-order valence-electron chi connectivity index (χ4n) is 2.22. The first-order chi connectivity index (χ1) is 11.4. The molecule has 1 atom stereocenters. The van der Waals surface area contributed by atoms with Gasteiger partial charge in [0.15, 0.2) is 0 Å². The minimum atomic E-state index is -1.11. The topological polar surface area (TPSA) is 95.5 Å². The van der Waals surface area contributed by atoms with Gasteiger partial charge in [0.25, 0.3) is 5.91 Å². The molecule has 6 nitrogen and oxygen atoms in total. The van der Waals surface area contributed by atoms with Crippen molar-refractivity contribution in [2.24, 2.45) is 0 Å². The maximum atomic E-state index is 12.4. The first-order valence-corrected chi connectivity index (χ1v) is 8.14. The molecular weight excluding hydrogens is 328 g/mol. The van der Waals surface area contributed by atoms with Gasteiger partial charge in [0.2, 0.25) is 5.91 Å². The quantitative estimate of drug-likeness (QED) is 0.748. The van der Waals surface area contributed by atoms with Crippen molar-refractivity contribution in [2.75, 3.05) is 5.32 Å². The van der Waals surface area contributed by atoms with Crippen molar-refractivity contribution in [1.29, 1.82) is 0 Å². The molecule has 126 valence electrons. The molecule has 0 spiro atoms. The van der Waals surface area contributed by atoms with Crippen molar-refractivity contribution in [3.63, 3.8) is 0 Å². The number of aryl methyl sites for hydroxylation is 1. The minimum Gasteiger partial charge on any atom is -0.480 e. The Morgan fingerprint density at radius 1 is 1.21 bits per heavy atom. The van der Waals surface area contributed by atoms with E-state index in [0.29, 0.717) is 5.00 Å². The van der Waals surface area contributed by atoms with E-state index in [1.807, 2.05) is 25.1 Å². The molecule has 3 N–H and O–H groups in total. The second kappa shape index (κ2) is 7.74. The van der Waals surface area contributed by atoms with Gasteiger partial charge in [-0.25, -0.2) is 4.79 Å². The lowest BCUT2D eigenvalue weighted by atomic mass is 10.1. The smallest absolute Gasteiger partial charge is 0.326 e. The summed E-state index contributed by atoms with van der Waals surface area (Å²) in [4.78, 5) is 36.0. The van der Waals surface area contributed by atoms with Crippen molar-refractivity contribution in [3.05, 3.63) is 52.4 Å². The Morgan fingerprint density at radius 2 is 1.88 bits per heavy atom. The van der Waals surface area contributed by atoms with Crippen molar-refractivity contribution in [2.45, 2.75) is 26.3 Å². The number of benzene rings is 1. The zero-order chi connectivity index (χ0) is 17.7. The van der Waals surface area contributed by atoms with Gasteiger partial charge in [-0.1, -0.05) is 30.3 Å². The van der Waals surface area contributed by atoms with E-state index in [0.717, 1.165) is 10.4 Å². The van der Waals surface area contributed by atoms with Crippen LogP contribution in [0.25, 0.3) is 0 Å². The predicted octanol–water partition coefficient (Wildman–Crippen LogP) is 2.44. The highest BCUT2D eigenvalue weighted by Gasteiger charge is 2.23. The third kappa shape index (κ3) is 4.66. The van der Waals surface area contributed by atoms with Crippen LogP contribution >= 0.6 is 11.3 Å². The largest absolute Gasteiger partial charge is 0.480 e. The second-order valence-corrected chi connectivity index (χ2v) is 6.59. The first-order valence-electron chi connectivity index (χ1n) is 7.32. The van der Waals surface area contributed by atoms with E-state index in [2.05, 4.69) is 10.6 Å². The molecule has 0 saturated carbocycles. The number of rotatable bonds is 6. The summed E-state index contributed by atoms with van der Waals surface area (Å²) < 4.78 is 0. The Balaban J connectivity index is 2.16. The van der Waals surface area contributed by atoms with Crippen molar-refractivity contribution in [3.8, 4) is 0 Å². The first kappa shape index (κ1) is 17.7. The molecule has 2 aromatic rings. The van der Waals surface area contributed by atoms with E-state index in [4.69, 9.17) is 0 Å². The Labute approximate surface area is 143 Å². The lowest BCUT2D eigenvalue weighted by Crippen LogP contribution is -2.42. The molecule has 0 radical (unpaired) electrons. The molecule has 2 rings (SSSR count). The number of anilines is 1. The van der Waals surface area contributed by atoms with E-state index >= 15 is 0 Å². The average Bonchev–Trinajstić information content (AvgIpc) is 2.87. The van der Waals surface area contributed by atoms with E-state index in [1.54, 1.807) is 18.2 Å². The Hall–Kier alpha value is -2.67. The number of hydrogen-bond donors (Lipinski definition) is 3. The fourth-order valence-corrected chi connectivity index (χ4v) is 3.18. The molecule has 0 aliphatic rings. The van der Waals surface area contributed by atoms with Gasteiger partial charge in [0, 0.05) is 18.2 Å². The molecule has 1 heterocycles. The van der Waals surface area contributed by atoms with E-state index in [9.17, 15) is 19.5 Å². The molecule has 1 unspecified atom stereocenters. The van der Waals surface area contributed by atoms with Crippen LogP contribution in [0.2, 0.25) is 0 Å². The third-order valence-corrected chi connectivity index (χ3v) is 4.24.